The van der Waals surface area contributed by atoms with Gasteiger partial charge in [-0.1, -0.05) is 0 Å². The van der Waals surface area contributed by atoms with Crippen LogP contribution in [0.5, 0.6) is 0 Å². The lowest BCUT2D eigenvalue weighted by atomic mass is 10.2. The molecule has 1 saturated heterocycles. The highest BCUT2D eigenvalue weighted by atomic mass is 35.5. The van der Waals surface area contributed by atoms with E-state index in [1.54, 1.807) is 6.07 Å². The summed E-state index contributed by atoms with van der Waals surface area (Å²) in [4.78, 5) is 4.64. The Balaban J connectivity index is 2.17. The molecule has 19 heavy (non-hydrogen) atoms. The Kier molecular flexibility index (Phi) is 3.41. The van der Waals surface area contributed by atoms with Crippen LogP contribution >= 0.6 is 11.6 Å². The molecule has 5 heteroatoms. The Morgan fingerprint density at radius 2 is 2.42 bits per heavy atom. The molecule has 0 amide bonds. The van der Waals surface area contributed by atoms with Gasteiger partial charge in [0.05, 0.1) is 35.3 Å². The maximum atomic E-state index is 9.04. The predicted octanol–water partition coefficient (Wildman–Crippen LogP) is 2.65. The fraction of sp³-hybridized carbons (Fsp3) is 0.429. The van der Waals surface area contributed by atoms with E-state index >= 15 is 0 Å². The van der Waals surface area contributed by atoms with Crippen molar-refractivity contribution in [3.05, 3.63) is 29.6 Å². The van der Waals surface area contributed by atoms with E-state index in [1.807, 2.05) is 12.1 Å². The molecule has 98 valence electrons. The van der Waals surface area contributed by atoms with Crippen LogP contribution in [-0.2, 0) is 11.2 Å². The standard InChI is InChI=1S/C14H14ClN3O/c15-5-3-14-17-12-2-1-10(8-16)7-13(12)18(14)11-4-6-19-9-11/h1-2,7,11H,3-6,9H2. The highest BCUT2D eigenvalue weighted by molar-refractivity contribution is 6.17. The van der Waals surface area contributed by atoms with Crippen molar-refractivity contribution in [2.24, 2.45) is 0 Å². The topological polar surface area (TPSA) is 50.8 Å². The first-order valence-electron chi connectivity index (χ1n) is 6.38. The zero-order chi connectivity index (χ0) is 13.2. The maximum Gasteiger partial charge on any atom is 0.111 e. The van der Waals surface area contributed by atoms with Crippen molar-refractivity contribution in [1.82, 2.24) is 9.55 Å². The lowest BCUT2D eigenvalue weighted by Gasteiger charge is -2.14. The fourth-order valence-corrected chi connectivity index (χ4v) is 2.78. The third-order valence-electron chi connectivity index (χ3n) is 3.48. The molecule has 3 rings (SSSR count). The number of nitriles is 1. The van der Waals surface area contributed by atoms with Gasteiger partial charge in [-0.15, -0.1) is 11.6 Å². The van der Waals surface area contributed by atoms with Crippen LogP contribution in [-0.4, -0.2) is 28.6 Å². The largest absolute Gasteiger partial charge is 0.379 e. The van der Waals surface area contributed by atoms with Crippen LogP contribution < -0.4 is 0 Å². The van der Waals surface area contributed by atoms with Crippen LogP contribution in [0.1, 0.15) is 23.9 Å². The molecular formula is C14H14ClN3O. The van der Waals surface area contributed by atoms with Gasteiger partial charge < -0.3 is 9.30 Å². The molecule has 1 aliphatic rings. The number of halogens is 1. The molecule has 1 aromatic carbocycles. The van der Waals surface area contributed by atoms with Gasteiger partial charge in [0.15, 0.2) is 0 Å². The summed E-state index contributed by atoms with van der Waals surface area (Å²) in [5, 5.41) is 9.04. The first-order chi connectivity index (χ1) is 9.33. The average molecular weight is 276 g/mol. The smallest absolute Gasteiger partial charge is 0.111 e. The predicted molar refractivity (Wildman–Crippen MR) is 73.3 cm³/mol. The number of alkyl halides is 1. The summed E-state index contributed by atoms with van der Waals surface area (Å²) in [5.74, 6) is 1.53. The first-order valence-corrected chi connectivity index (χ1v) is 6.91. The number of hydrogen-bond acceptors (Lipinski definition) is 3. The number of ether oxygens (including phenoxy) is 1. The Labute approximate surface area is 116 Å². The van der Waals surface area contributed by atoms with Gasteiger partial charge in [-0.25, -0.2) is 4.98 Å². The zero-order valence-electron chi connectivity index (χ0n) is 10.5. The molecule has 4 nitrogen and oxygen atoms in total. The Hall–Kier alpha value is -1.57. The van der Waals surface area contributed by atoms with Crippen LogP contribution in [0.15, 0.2) is 18.2 Å². The molecule has 2 aromatic rings. The summed E-state index contributed by atoms with van der Waals surface area (Å²) < 4.78 is 7.67. The van der Waals surface area contributed by atoms with E-state index in [-0.39, 0.29) is 0 Å². The molecule has 0 N–H and O–H groups in total. The van der Waals surface area contributed by atoms with Gasteiger partial charge >= 0.3 is 0 Å². The second-order valence-corrected chi connectivity index (χ2v) is 5.05. The van der Waals surface area contributed by atoms with E-state index in [2.05, 4.69) is 15.6 Å². The molecule has 0 radical (unpaired) electrons. The quantitative estimate of drug-likeness (QED) is 0.809. The van der Waals surface area contributed by atoms with Crippen molar-refractivity contribution in [2.45, 2.75) is 18.9 Å². The Bertz CT molecular complexity index is 638. The van der Waals surface area contributed by atoms with Gasteiger partial charge in [0.1, 0.15) is 5.82 Å². The van der Waals surface area contributed by atoms with Crippen molar-refractivity contribution < 1.29 is 4.74 Å². The van der Waals surface area contributed by atoms with Crippen molar-refractivity contribution in [2.75, 3.05) is 19.1 Å². The third-order valence-corrected chi connectivity index (χ3v) is 3.67. The van der Waals surface area contributed by atoms with Gasteiger partial charge in [0.25, 0.3) is 0 Å². The van der Waals surface area contributed by atoms with E-state index in [1.165, 1.54) is 0 Å². The molecular weight excluding hydrogens is 262 g/mol. The van der Waals surface area contributed by atoms with E-state index in [9.17, 15) is 0 Å². The van der Waals surface area contributed by atoms with Gasteiger partial charge in [0, 0.05) is 18.9 Å². The summed E-state index contributed by atoms with van der Waals surface area (Å²) in [7, 11) is 0. The number of nitrogens with zero attached hydrogens (tertiary/aromatic N) is 3. The van der Waals surface area contributed by atoms with Crippen LogP contribution in [0.4, 0.5) is 0 Å². The molecule has 1 unspecified atom stereocenters. The van der Waals surface area contributed by atoms with Crippen molar-refractivity contribution >= 4 is 22.6 Å². The summed E-state index contributed by atoms with van der Waals surface area (Å²) in [6, 6.07) is 8.09. The van der Waals surface area contributed by atoms with E-state index in [0.29, 0.717) is 24.1 Å². The van der Waals surface area contributed by atoms with Crippen LogP contribution in [0.2, 0.25) is 0 Å². The first kappa shape index (κ1) is 12.5. The lowest BCUT2D eigenvalue weighted by Crippen LogP contribution is -2.12. The number of aromatic nitrogens is 2. The third kappa shape index (κ3) is 2.20. The SMILES string of the molecule is N#Cc1ccc2nc(CCCl)n(C3CCOC3)c2c1. The summed E-state index contributed by atoms with van der Waals surface area (Å²) in [6.45, 7) is 1.49. The minimum Gasteiger partial charge on any atom is -0.379 e. The fourth-order valence-electron chi connectivity index (χ4n) is 2.61. The zero-order valence-corrected chi connectivity index (χ0v) is 11.2. The monoisotopic (exact) mass is 275 g/mol. The van der Waals surface area contributed by atoms with Gasteiger partial charge in [-0.3, -0.25) is 0 Å². The highest BCUT2D eigenvalue weighted by Crippen LogP contribution is 2.27. The van der Waals surface area contributed by atoms with Crippen molar-refractivity contribution in [1.29, 1.82) is 5.26 Å². The van der Waals surface area contributed by atoms with Crippen LogP contribution in [0.25, 0.3) is 11.0 Å². The number of rotatable bonds is 3. The number of hydrogen-bond donors (Lipinski definition) is 0. The second kappa shape index (κ2) is 5.20. The molecule has 0 bridgehead atoms. The molecule has 2 heterocycles. The molecule has 0 aliphatic carbocycles. The van der Waals surface area contributed by atoms with E-state index < -0.39 is 0 Å². The van der Waals surface area contributed by atoms with Gasteiger partial charge in [0.2, 0.25) is 0 Å². The normalized spacial score (nSPS) is 18.8. The molecule has 1 atom stereocenters. The minimum absolute atomic E-state index is 0.303. The second-order valence-electron chi connectivity index (χ2n) is 4.67. The van der Waals surface area contributed by atoms with Crippen LogP contribution in [0.3, 0.4) is 0 Å². The van der Waals surface area contributed by atoms with Gasteiger partial charge in [-0.05, 0) is 24.6 Å². The molecule has 0 spiro atoms. The van der Waals surface area contributed by atoms with Crippen molar-refractivity contribution in [3.8, 4) is 6.07 Å². The summed E-state index contributed by atoms with van der Waals surface area (Å²) >= 11 is 5.86. The molecule has 1 aliphatic heterocycles. The Morgan fingerprint density at radius 1 is 1.53 bits per heavy atom. The Morgan fingerprint density at radius 3 is 3.11 bits per heavy atom. The number of imidazole rings is 1. The summed E-state index contributed by atoms with van der Waals surface area (Å²) in [5.41, 5.74) is 2.59. The molecule has 1 aromatic heterocycles. The molecule has 1 fully saturated rings. The number of fused-ring (bicyclic) bond motifs is 1. The van der Waals surface area contributed by atoms with E-state index in [4.69, 9.17) is 21.6 Å². The number of benzene rings is 1. The average Bonchev–Trinajstić information content (AvgIpc) is 3.04. The highest BCUT2D eigenvalue weighted by Gasteiger charge is 2.23. The van der Waals surface area contributed by atoms with Crippen molar-refractivity contribution in [3.63, 3.8) is 0 Å². The van der Waals surface area contributed by atoms with E-state index in [0.717, 1.165) is 36.3 Å². The maximum absolute atomic E-state index is 9.04. The number of aryl methyl sites for hydroxylation is 1. The van der Waals surface area contributed by atoms with Gasteiger partial charge in [-0.2, -0.15) is 5.26 Å². The minimum atomic E-state index is 0.303. The molecule has 0 saturated carbocycles. The lowest BCUT2D eigenvalue weighted by molar-refractivity contribution is 0.186. The summed E-state index contributed by atoms with van der Waals surface area (Å²) in [6.07, 6.45) is 1.71. The van der Waals surface area contributed by atoms with Crippen LogP contribution in [0, 0.1) is 11.3 Å².